The molecule has 3 aromatic carbocycles. The van der Waals surface area contributed by atoms with Crippen molar-refractivity contribution >= 4 is 17.7 Å². The molecule has 1 saturated heterocycles. The number of methoxy groups -OCH3 is 1. The monoisotopic (exact) mass is 452 g/mol. The van der Waals surface area contributed by atoms with Crippen LogP contribution in [-0.4, -0.2) is 29.8 Å². The van der Waals surface area contributed by atoms with E-state index in [-0.39, 0.29) is 11.8 Å². The van der Waals surface area contributed by atoms with Crippen LogP contribution >= 0.6 is 0 Å². The number of rotatable bonds is 5. The molecule has 3 aromatic rings. The van der Waals surface area contributed by atoms with Crippen molar-refractivity contribution in [3.63, 3.8) is 0 Å². The Morgan fingerprint density at radius 2 is 1.21 bits per heavy atom. The summed E-state index contributed by atoms with van der Waals surface area (Å²) in [6.45, 7) is 0. The van der Waals surface area contributed by atoms with E-state index in [1.54, 1.807) is 31.4 Å². The molecule has 170 valence electrons. The Kier molecular flexibility index (Phi) is 5.72. The third-order valence-electron chi connectivity index (χ3n) is 6.63. The molecule has 0 radical (unpaired) electrons. The predicted octanol–water partition coefficient (Wildman–Crippen LogP) is 4.08. The summed E-state index contributed by atoms with van der Waals surface area (Å²) in [7, 11) is 1.54. The number of fused-ring (bicyclic) bond motifs is 1. The first-order chi connectivity index (χ1) is 16.6. The van der Waals surface area contributed by atoms with Crippen LogP contribution in [0.5, 0.6) is 5.75 Å². The Balaban J connectivity index is 1.49. The molecule has 5 rings (SSSR count). The van der Waals surface area contributed by atoms with Gasteiger partial charge in [0.25, 0.3) is 17.7 Å². The first kappa shape index (κ1) is 21.6. The number of hydrogen-bond acceptors (Lipinski definition) is 4. The zero-order valence-corrected chi connectivity index (χ0v) is 18.6. The third kappa shape index (κ3) is 3.77. The summed E-state index contributed by atoms with van der Waals surface area (Å²) < 4.78 is 5.13. The summed E-state index contributed by atoms with van der Waals surface area (Å²) in [6, 6.07) is 25.9. The van der Waals surface area contributed by atoms with Gasteiger partial charge in [-0.3, -0.25) is 19.8 Å². The van der Waals surface area contributed by atoms with Crippen LogP contribution in [0.4, 0.5) is 0 Å². The normalized spacial score (nSPS) is 23.5. The van der Waals surface area contributed by atoms with E-state index in [1.807, 2.05) is 72.8 Å². The topological polar surface area (TPSA) is 75.7 Å². The number of benzene rings is 3. The lowest BCUT2D eigenvalue weighted by atomic mass is 9.68. The Bertz CT molecular complexity index is 1170. The van der Waals surface area contributed by atoms with Gasteiger partial charge in [-0.2, -0.15) is 5.01 Å². The SMILES string of the molecule is COc1ccc(C(=O)NN2C(=O)[C@@H]3[C@H](C2=O)[C@H](c2ccccc2)C=C[C@@H]3c2ccccc2)cc1. The van der Waals surface area contributed by atoms with Crippen molar-refractivity contribution in [3.8, 4) is 5.75 Å². The van der Waals surface area contributed by atoms with E-state index < -0.39 is 29.6 Å². The summed E-state index contributed by atoms with van der Waals surface area (Å²) in [6.07, 6.45) is 4.04. The zero-order chi connectivity index (χ0) is 23.7. The first-order valence-electron chi connectivity index (χ1n) is 11.2. The quantitative estimate of drug-likeness (QED) is 0.468. The van der Waals surface area contributed by atoms with E-state index in [9.17, 15) is 14.4 Å². The minimum absolute atomic E-state index is 0.259. The minimum atomic E-state index is -0.610. The molecule has 1 aliphatic carbocycles. The first-order valence-corrected chi connectivity index (χ1v) is 11.2. The molecule has 0 aromatic heterocycles. The van der Waals surface area contributed by atoms with Gasteiger partial charge in [-0.15, -0.1) is 0 Å². The second kappa shape index (κ2) is 8.98. The molecule has 6 heteroatoms. The van der Waals surface area contributed by atoms with E-state index in [0.29, 0.717) is 11.3 Å². The van der Waals surface area contributed by atoms with Crippen LogP contribution in [-0.2, 0) is 9.59 Å². The van der Waals surface area contributed by atoms with E-state index in [1.165, 1.54) is 0 Å². The van der Waals surface area contributed by atoms with Gasteiger partial charge in [-0.25, -0.2) is 0 Å². The van der Waals surface area contributed by atoms with Crippen LogP contribution in [0, 0.1) is 11.8 Å². The fraction of sp³-hybridized carbons (Fsp3) is 0.179. The van der Waals surface area contributed by atoms with Gasteiger partial charge in [0, 0.05) is 17.4 Å². The van der Waals surface area contributed by atoms with Gasteiger partial charge in [0.2, 0.25) is 0 Å². The van der Waals surface area contributed by atoms with Crippen molar-refractivity contribution in [1.29, 1.82) is 0 Å². The highest BCUT2D eigenvalue weighted by Gasteiger charge is 2.55. The number of amides is 3. The molecule has 3 amide bonds. The lowest BCUT2D eigenvalue weighted by molar-refractivity contribution is -0.142. The fourth-order valence-electron chi connectivity index (χ4n) is 4.95. The van der Waals surface area contributed by atoms with Gasteiger partial charge in [-0.1, -0.05) is 72.8 Å². The van der Waals surface area contributed by atoms with Crippen molar-refractivity contribution in [2.45, 2.75) is 11.8 Å². The number of imide groups is 1. The van der Waals surface area contributed by atoms with Crippen LogP contribution in [0.25, 0.3) is 0 Å². The van der Waals surface area contributed by atoms with Crippen LogP contribution in [0.1, 0.15) is 33.3 Å². The summed E-state index contributed by atoms with van der Waals surface area (Å²) in [5.74, 6) is -2.44. The fourth-order valence-corrected chi connectivity index (χ4v) is 4.95. The molecular formula is C28H24N2O4. The van der Waals surface area contributed by atoms with E-state index >= 15 is 0 Å². The highest BCUT2D eigenvalue weighted by molar-refractivity contribution is 6.09. The average Bonchev–Trinajstić information content (AvgIpc) is 3.14. The number of ether oxygens (including phenoxy) is 1. The average molecular weight is 453 g/mol. The molecule has 34 heavy (non-hydrogen) atoms. The highest BCUT2D eigenvalue weighted by atomic mass is 16.5. The highest BCUT2D eigenvalue weighted by Crippen LogP contribution is 2.48. The number of hydrogen-bond donors (Lipinski definition) is 1. The Morgan fingerprint density at radius 1 is 0.735 bits per heavy atom. The molecular weight excluding hydrogens is 428 g/mol. The van der Waals surface area contributed by atoms with Crippen LogP contribution in [0.15, 0.2) is 97.1 Å². The van der Waals surface area contributed by atoms with Gasteiger partial charge in [0.1, 0.15) is 5.75 Å². The van der Waals surface area contributed by atoms with E-state index in [0.717, 1.165) is 16.1 Å². The lowest BCUT2D eigenvalue weighted by Crippen LogP contribution is -2.46. The number of allylic oxidation sites excluding steroid dienone is 2. The summed E-state index contributed by atoms with van der Waals surface area (Å²) in [4.78, 5) is 40.1. The molecule has 2 aliphatic rings. The van der Waals surface area contributed by atoms with Gasteiger partial charge in [-0.05, 0) is 35.4 Å². The number of nitrogens with one attached hydrogen (secondary N) is 1. The van der Waals surface area contributed by atoms with Crippen LogP contribution in [0.2, 0.25) is 0 Å². The van der Waals surface area contributed by atoms with Crippen LogP contribution in [0.3, 0.4) is 0 Å². The molecule has 4 atom stereocenters. The van der Waals surface area contributed by atoms with E-state index in [2.05, 4.69) is 5.43 Å². The number of hydrazine groups is 1. The van der Waals surface area contributed by atoms with Crippen molar-refractivity contribution in [3.05, 3.63) is 114 Å². The van der Waals surface area contributed by atoms with Crippen molar-refractivity contribution in [2.24, 2.45) is 11.8 Å². The van der Waals surface area contributed by atoms with Gasteiger partial charge in [0.15, 0.2) is 0 Å². The zero-order valence-electron chi connectivity index (χ0n) is 18.6. The Labute approximate surface area is 197 Å². The number of nitrogens with zero attached hydrogens (tertiary/aromatic N) is 1. The third-order valence-corrected chi connectivity index (χ3v) is 6.63. The summed E-state index contributed by atoms with van der Waals surface area (Å²) >= 11 is 0. The number of carbonyl (C=O) groups is 3. The van der Waals surface area contributed by atoms with Crippen molar-refractivity contribution < 1.29 is 19.1 Å². The summed E-state index contributed by atoms with van der Waals surface area (Å²) in [5, 5.41) is 0.917. The maximum Gasteiger partial charge on any atom is 0.270 e. The van der Waals surface area contributed by atoms with Gasteiger partial charge in [0.05, 0.1) is 18.9 Å². The second-order valence-electron chi connectivity index (χ2n) is 8.49. The molecule has 0 spiro atoms. The second-order valence-corrected chi connectivity index (χ2v) is 8.49. The molecule has 6 nitrogen and oxygen atoms in total. The molecule has 1 aliphatic heterocycles. The molecule has 1 heterocycles. The van der Waals surface area contributed by atoms with Crippen LogP contribution < -0.4 is 10.2 Å². The number of carbonyl (C=O) groups excluding carboxylic acids is 3. The maximum atomic E-state index is 13.6. The lowest BCUT2D eigenvalue weighted by Gasteiger charge is -2.32. The molecule has 0 unspecified atom stereocenters. The van der Waals surface area contributed by atoms with Gasteiger partial charge >= 0.3 is 0 Å². The molecule has 0 saturated carbocycles. The smallest absolute Gasteiger partial charge is 0.270 e. The minimum Gasteiger partial charge on any atom is -0.497 e. The molecule has 0 bridgehead atoms. The predicted molar refractivity (Wildman–Crippen MR) is 127 cm³/mol. The maximum absolute atomic E-state index is 13.6. The largest absolute Gasteiger partial charge is 0.497 e. The Hall–Kier alpha value is -4.19. The molecule has 1 N–H and O–H groups in total. The van der Waals surface area contributed by atoms with E-state index in [4.69, 9.17) is 4.74 Å². The van der Waals surface area contributed by atoms with Gasteiger partial charge < -0.3 is 4.74 Å². The molecule has 1 fully saturated rings. The summed E-state index contributed by atoms with van der Waals surface area (Å²) in [5.41, 5.74) is 4.81. The van der Waals surface area contributed by atoms with Crippen molar-refractivity contribution in [1.82, 2.24) is 10.4 Å². The Morgan fingerprint density at radius 3 is 1.65 bits per heavy atom. The standard InChI is InChI=1S/C28H24N2O4/c1-34-21-14-12-20(13-15-21)26(31)29-30-27(32)24-22(18-8-4-2-5-9-18)16-17-23(25(24)28(30)33)19-10-6-3-7-11-19/h2-17,22-25H,1H3,(H,29,31)/t22-,23+,24+,25-. The van der Waals surface area contributed by atoms with Crippen molar-refractivity contribution in [2.75, 3.05) is 7.11 Å².